The van der Waals surface area contributed by atoms with Crippen molar-refractivity contribution in [1.82, 2.24) is 5.32 Å². The molecule has 1 fully saturated rings. The Morgan fingerprint density at radius 3 is 2.28 bits per heavy atom. The highest BCUT2D eigenvalue weighted by molar-refractivity contribution is 6.20. The second kappa shape index (κ2) is 9.10. The first-order chi connectivity index (χ1) is 8.45. The van der Waals surface area contributed by atoms with Gasteiger partial charge in [-0.05, 0) is 12.8 Å². The molecule has 4 N–H and O–H groups in total. The molecule has 0 aromatic carbocycles. The highest BCUT2D eigenvalue weighted by Gasteiger charge is 2.38. The smallest absolute Gasteiger partial charge is 0.106 e. The number of aliphatic hydroxyl groups excluding tert-OH is 1. The van der Waals surface area contributed by atoms with Gasteiger partial charge in [-0.2, -0.15) is 0 Å². The molecule has 0 amide bonds. The molecule has 1 aliphatic rings. The molecular formula is C13H29ClN2O2. The molecule has 18 heavy (non-hydrogen) atoms. The van der Waals surface area contributed by atoms with Crippen molar-refractivity contribution in [1.29, 1.82) is 0 Å². The minimum Gasteiger partial charge on any atom is -0.380 e. The topological polar surface area (TPSA) is 67.5 Å². The molecule has 1 aliphatic carbocycles. The van der Waals surface area contributed by atoms with E-state index in [0.29, 0.717) is 6.04 Å². The lowest BCUT2D eigenvalue weighted by atomic mass is 9.82. The normalized spacial score (nSPS) is 33.8. The number of hydrogen-bond donors (Lipinski definition) is 3. The summed E-state index contributed by atoms with van der Waals surface area (Å²) in [5, 5.41) is 12.8. The van der Waals surface area contributed by atoms with E-state index in [9.17, 15) is 5.11 Å². The van der Waals surface area contributed by atoms with E-state index in [1.807, 2.05) is 13.8 Å². The summed E-state index contributed by atoms with van der Waals surface area (Å²) < 4.78 is 5.43. The van der Waals surface area contributed by atoms with Crippen molar-refractivity contribution in [2.75, 3.05) is 7.11 Å². The molecule has 0 aromatic rings. The predicted octanol–water partition coefficient (Wildman–Crippen LogP) is 1.69. The SMILES string of the molecule is CC.COC1CC(Cl)C(C(N)O)CC1NC(C)C. The third kappa shape index (κ3) is 5.41. The van der Waals surface area contributed by atoms with Gasteiger partial charge in [-0.1, -0.05) is 27.7 Å². The van der Waals surface area contributed by atoms with Gasteiger partial charge >= 0.3 is 0 Å². The van der Waals surface area contributed by atoms with Crippen molar-refractivity contribution in [3.05, 3.63) is 0 Å². The first-order valence-electron chi connectivity index (χ1n) is 6.82. The summed E-state index contributed by atoms with van der Waals surface area (Å²) in [6.45, 7) is 8.18. The van der Waals surface area contributed by atoms with Gasteiger partial charge in [0.15, 0.2) is 0 Å². The van der Waals surface area contributed by atoms with Gasteiger partial charge in [-0.25, -0.2) is 0 Å². The van der Waals surface area contributed by atoms with Crippen LogP contribution < -0.4 is 11.1 Å². The van der Waals surface area contributed by atoms with Gasteiger partial charge in [0.2, 0.25) is 0 Å². The average Bonchev–Trinajstić information content (AvgIpc) is 2.32. The van der Waals surface area contributed by atoms with E-state index in [4.69, 9.17) is 22.1 Å². The lowest BCUT2D eigenvalue weighted by molar-refractivity contribution is -0.00217. The molecule has 0 spiro atoms. The quantitative estimate of drug-likeness (QED) is 0.542. The van der Waals surface area contributed by atoms with Crippen molar-refractivity contribution in [3.8, 4) is 0 Å². The average molecular weight is 281 g/mol. The second-order valence-electron chi connectivity index (χ2n) is 4.84. The van der Waals surface area contributed by atoms with Crippen LogP contribution in [0, 0.1) is 5.92 Å². The number of alkyl halides is 1. The molecule has 5 heteroatoms. The van der Waals surface area contributed by atoms with Gasteiger partial charge in [0, 0.05) is 30.5 Å². The second-order valence-corrected chi connectivity index (χ2v) is 5.40. The van der Waals surface area contributed by atoms with Crippen molar-refractivity contribution >= 4 is 11.6 Å². The van der Waals surface area contributed by atoms with Crippen molar-refractivity contribution in [3.63, 3.8) is 0 Å². The molecule has 0 bridgehead atoms. The molecule has 1 saturated carbocycles. The zero-order valence-corrected chi connectivity index (χ0v) is 12.9. The molecule has 110 valence electrons. The number of hydrogen-bond acceptors (Lipinski definition) is 4. The summed E-state index contributed by atoms with van der Waals surface area (Å²) >= 11 is 6.21. The van der Waals surface area contributed by atoms with Crippen LogP contribution in [0.25, 0.3) is 0 Å². The molecule has 5 atom stereocenters. The summed E-state index contributed by atoms with van der Waals surface area (Å²) in [4.78, 5) is 0. The Bertz CT molecular complexity index is 215. The maximum Gasteiger partial charge on any atom is 0.106 e. The van der Waals surface area contributed by atoms with Crippen LogP contribution in [0.5, 0.6) is 0 Å². The van der Waals surface area contributed by atoms with Crippen LogP contribution in [0.4, 0.5) is 0 Å². The number of methoxy groups -OCH3 is 1. The number of aliphatic hydroxyl groups is 1. The first kappa shape index (κ1) is 18.1. The first-order valence-corrected chi connectivity index (χ1v) is 7.26. The van der Waals surface area contributed by atoms with Crippen molar-refractivity contribution < 1.29 is 9.84 Å². The van der Waals surface area contributed by atoms with Gasteiger partial charge in [0.25, 0.3) is 0 Å². The molecular weight excluding hydrogens is 252 g/mol. The largest absolute Gasteiger partial charge is 0.380 e. The summed E-state index contributed by atoms with van der Waals surface area (Å²) in [6, 6.07) is 0.591. The van der Waals surface area contributed by atoms with Crippen LogP contribution in [-0.2, 0) is 4.74 Å². The Balaban J connectivity index is 0.00000137. The monoisotopic (exact) mass is 280 g/mol. The van der Waals surface area contributed by atoms with Crippen LogP contribution in [0.3, 0.4) is 0 Å². The zero-order valence-electron chi connectivity index (χ0n) is 12.2. The van der Waals surface area contributed by atoms with Gasteiger partial charge in [0.05, 0.1) is 6.10 Å². The maximum absolute atomic E-state index is 9.48. The van der Waals surface area contributed by atoms with E-state index in [1.54, 1.807) is 7.11 Å². The van der Waals surface area contributed by atoms with E-state index in [0.717, 1.165) is 12.8 Å². The van der Waals surface area contributed by atoms with E-state index >= 15 is 0 Å². The molecule has 0 aliphatic heterocycles. The van der Waals surface area contributed by atoms with Gasteiger partial charge in [0.1, 0.15) is 6.23 Å². The van der Waals surface area contributed by atoms with Crippen molar-refractivity contribution in [2.24, 2.45) is 11.7 Å². The van der Waals surface area contributed by atoms with Gasteiger partial charge < -0.3 is 20.9 Å². The van der Waals surface area contributed by atoms with E-state index in [2.05, 4.69) is 19.2 Å². The Hall–Kier alpha value is 0.130. The fraction of sp³-hybridized carbons (Fsp3) is 1.00. The van der Waals surface area contributed by atoms with Crippen LogP contribution >= 0.6 is 11.6 Å². The number of nitrogens with two attached hydrogens (primary N) is 1. The summed E-state index contributed by atoms with van der Waals surface area (Å²) in [7, 11) is 1.70. The number of nitrogens with one attached hydrogen (secondary N) is 1. The molecule has 0 radical (unpaired) electrons. The highest BCUT2D eigenvalue weighted by Crippen LogP contribution is 2.32. The van der Waals surface area contributed by atoms with Crippen LogP contribution in [-0.4, -0.2) is 42.0 Å². The van der Waals surface area contributed by atoms with E-state index in [1.165, 1.54) is 0 Å². The van der Waals surface area contributed by atoms with Crippen molar-refractivity contribution in [2.45, 2.75) is 70.3 Å². The Morgan fingerprint density at radius 1 is 1.33 bits per heavy atom. The molecule has 5 unspecified atom stereocenters. The number of halogens is 1. The lowest BCUT2D eigenvalue weighted by Gasteiger charge is -2.40. The van der Waals surface area contributed by atoms with Crippen LogP contribution in [0.15, 0.2) is 0 Å². The Morgan fingerprint density at radius 2 is 1.89 bits per heavy atom. The van der Waals surface area contributed by atoms with E-state index < -0.39 is 6.23 Å². The maximum atomic E-state index is 9.48. The highest BCUT2D eigenvalue weighted by atomic mass is 35.5. The van der Waals surface area contributed by atoms with E-state index in [-0.39, 0.29) is 23.4 Å². The number of rotatable bonds is 4. The molecule has 1 rings (SSSR count). The predicted molar refractivity (Wildman–Crippen MR) is 76.8 cm³/mol. The fourth-order valence-electron chi connectivity index (χ4n) is 2.37. The Labute approximate surface area is 116 Å². The fourth-order valence-corrected chi connectivity index (χ4v) is 2.80. The third-order valence-electron chi connectivity index (χ3n) is 3.19. The molecule has 0 heterocycles. The van der Waals surface area contributed by atoms with Gasteiger partial charge in [-0.3, -0.25) is 0 Å². The summed E-state index contributed by atoms with van der Waals surface area (Å²) in [5.41, 5.74) is 5.54. The minimum absolute atomic E-state index is 0.0654. The minimum atomic E-state index is -0.850. The lowest BCUT2D eigenvalue weighted by Crippen LogP contribution is -2.54. The van der Waals surface area contributed by atoms with Crippen LogP contribution in [0.2, 0.25) is 0 Å². The summed E-state index contributed by atoms with van der Waals surface area (Å²) in [5.74, 6) is -0.0654. The summed E-state index contributed by atoms with van der Waals surface area (Å²) in [6.07, 6.45) is 0.723. The molecule has 0 aromatic heterocycles. The van der Waals surface area contributed by atoms with Crippen LogP contribution in [0.1, 0.15) is 40.5 Å². The standard InChI is InChI=1S/C11H23ClN2O2.C2H6/c1-6(2)14-9-4-7(11(13)15)8(12)5-10(9)16-3;1-2/h6-11,14-15H,4-5,13H2,1-3H3;1-2H3. The molecule has 4 nitrogen and oxygen atoms in total. The Kier molecular flexibility index (Phi) is 9.17. The van der Waals surface area contributed by atoms with Gasteiger partial charge in [-0.15, -0.1) is 11.6 Å². The number of ether oxygens (including phenoxy) is 1. The third-order valence-corrected chi connectivity index (χ3v) is 3.69. The zero-order chi connectivity index (χ0) is 14.3. The molecule has 0 saturated heterocycles.